The van der Waals surface area contributed by atoms with E-state index in [0.29, 0.717) is 19.0 Å². The van der Waals surface area contributed by atoms with Crippen LogP contribution in [0.2, 0.25) is 0 Å². The highest BCUT2D eigenvalue weighted by atomic mass is 16.1. The lowest BCUT2D eigenvalue weighted by Gasteiger charge is -2.08. The summed E-state index contributed by atoms with van der Waals surface area (Å²) in [6.07, 6.45) is 3.76. The van der Waals surface area contributed by atoms with Crippen molar-refractivity contribution in [3.63, 3.8) is 0 Å². The molecule has 5 nitrogen and oxygen atoms in total. The molecule has 0 aromatic carbocycles. The first-order valence-corrected chi connectivity index (χ1v) is 6.96. The van der Waals surface area contributed by atoms with Crippen molar-refractivity contribution in [2.75, 3.05) is 13.6 Å². The number of nitrogens with one attached hydrogen (secondary N) is 2. The Hall–Kier alpha value is -1.88. The number of nitrogens with zero attached hydrogens (tertiary/aromatic N) is 2. The topological polar surface area (TPSA) is 59.0 Å². The van der Waals surface area contributed by atoms with Crippen molar-refractivity contribution < 1.29 is 4.79 Å². The summed E-state index contributed by atoms with van der Waals surface area (Å²) in [6.45, 7) is 5.94. The summed E-state index contributed by atoms with van der Waals surface area (Å²) in [5, 5.41) is 7.17. The number of carbonyl (C=O) groups is 1. The van der Waals surface area contributed by atoms with Gasteiger partial charge in [0.15, 0.2) is 0 Å². The Balaban J connectivity index is 2.19. The fraction of sp³-hybridized carbons (Fsp3) is 0.467. The number of rotatable bonds is 6. The van der Waals surface area contributed by atoms with Crippen LogP contribution in [0.1, 0.15) is 19.4 Å². The smallest absolute Gasteiger partial charge is 0.240 e. The lowest BCUT2D eigenvalue weighted by atomic mass is 10.2. The normalized spacial score (nSPS) is 11.2. The van der Waals surface area contributed by atoms with E-state index < -0.39 is 0 Å². The Kier molecular flexibility index (Phi) is 4.74. The van der Waals surface area contributed by atoms with Crippen molar-refractivity contribution in [1.29, 1.82) is 0 Å². The van der Waals surface area contributed by atoms with Gasteiger partial charge in [-0.1, -0.05) is 13.8 Å². The number of pyridine rings is 1. The summed E-state index contributed by atoms with van der Waals surface area (Å²) in [5.41, 5.74) is 2.02. The molecular formula is C15H22N4O. The van der Waals surface area contributed by atoms with Crippen molar-refractivity contribution >= 4 is 16.9 Å². The largest absolute Gasteiger partial charge is 0.354 e. The van der Waals surface area contributed by atoms with Crippen LogP contribution in [-0.2, 0) is 17.9 Å². The molecule has 0 aliphatic rings. The highest BCUT2D eigenvalue weighted by Gasteiger charge is 2.11. The first kappa shape index (κ1) is 14.5. The molecule has 5 heteroatoms. The van der Waals surface area contributed by atoms with Crippen molar-refractivity contribution in [2.24, 2.45) is 5.92 Å². The second kappa shape index (κ2) is 6.52. The molecule has 20 heavy (non-hydrogen) atoms. The predicted octanol–water partition coefficient (Wildman–Crippen LogP) is 1.53. The van der Waals surface area contributed by atoms with Crippen LogP contribution in [0.4, 0.5) is 0 Å². The molecule has 1 amide bonds. The molecular weight excluding hydrogens is 252 g/mol. The Morgan fingerprint density at radius 3 is 2.95 bits per heavy atom. The number of hydrogen-bond acceptors (Lipinski definition) is 3. The van der Waals surface area contributed by atoms with Crippen LogP contribution in [0.3, 0.4) is 0 Å². The Morgan fingerprint density at radius 2 is 2.25 bits per heavy atom. The van der Waals surface area contributed by atoms with E-state index >= 15 is 0 Å². The molecule has 2 aromatic rings. The second-order valence-corrected chi connectivity index (χ2v) is 5.39. The molecule has 0 unspecified atom stereocenters. The van der Waals surface area contributed by atoms with E-state index in [1.807, 2.05) is 29.9 Å². The fourth-order valence-corrected chi connectivity index (χ4v) is 2.18. The van der Waals surface area contributed by atoms with E-state index in [0.717, 1.165) is 23.1 Å². The van der Waals surface area contributed by atoms with E-state index in [-0.39, 0.29) is 5.91 Å². The predicted molar refractivity (Wildman–Crippen MR) is 80.3 cm³/mol. The molecule has 0 saturated carbocycles. The molecule has 0 saturated heterocycles. The van der Waals surface area contributed by atoms with Gasteiger partial charge in [0.05, 0.1) is 0 Å². The van der Waals surface area contributed by atoms with Crippen LogP contribution in [0.25, 0.3) is 11.0 Å². The third kappa shape index (κ3) is 3.36. The first-order chi connectivity index (χ1) is 9.61. The molecule has 2 aromatic heterocycles. The van der Waals surface area contributed by atoms with Crippen molar-refractivity contribution in [2.45, 2.75) is 26.9 Å². The average Bonchev–Trinajstić information content (AvgIpc) is 2.76. The Morgan fingerprint density at radius 1 is 1.45 bits per heavy atom. The van der Waals surface area contributed by atoms with Gasteiger partial charge in [-0.25, -0.2) is 4.98 Å². The van der Waals surface area contributed by atoms with Crippen LogP contribution in [0.5, 0.6) is 0 Å². The third-order valence-corrected chi connectivity index (χ3v) is 3.11. The zero-order chi connectivity index (χ0) is 14.5. The van der Waals surface area contributed by atoms with Gasteiger partial charge in [0.1, 0.15) is 12.2 Å². The van der Waals surface area contributed by atoms with Gasteiger partial charge in [-0.15, -0.1) is 0 Å². The van der Waals surface area contributed by atoms with Gasteiger partial charge >= 0.3 is 0 Å². The van der Waals surface area contributed by atoms with Crippen molar-refractivity contribution in [3.05, 3.63) is 30.1 Å². The van der Waals surface area contributed by atoms with Crippen LogP contribution in [-0.4, -0.2) is 29.1 Å². The minimum absolute atomic E-state index is 0.0252. The molecule has 2 N–H and O–H groups in total. The standard InChI is InChI=1S/C15H22N4O/c1-11(2)7-18-14(20)10-19-9-12(8-16-3)13-5-4-6-17-15(13)19/h4-6,9,11,16H,7-8,10H2,1-3H3,(H,18,20). The van der Waals surface area contributed by atoms with Gasteiger partial charge in [-0.05, 0) is 30.7 Å². The molecule has 0 aliphatic heterocycles. The minimum atomic E-state index is 0.0252. The van der Waals surface area contributed by atoms with Crippen molar-refractivity contribution in [3.8, 4) is 0 Å². The monoisotopic (exact) mass is 274 g/mol. The molecule has 108 valence electrons. The van der Waals surface area contributed by atoms with Gasteiger partial charge in [-0.2, -0.15) is 0 Å². The molecule has 0 spiro atoms. The molecule has 0 aliphatic carbocycles. The highest BCUT2D eigenvalue weighted by molar-refractivity contribution is 5.83. The molecule has 0 atom stereocenters. The maximum atomic E-state index is 12.0. The summed E-state index contributed by atoms with van der Waals surface area (Å²) in [7, 11) is 1.91. The fourth-order valence-electron chi connectivity index (χ4n) is 2.18. The molecule has 2 rings (SSSR count). The lowest BCUT2D eigenvalue weighted by molar-refractivity contribution is -0.121. The minimum Gasteiger partial charge on any atom is -0.354 e. The Labute approximate surface area is 119 Å². The van der Waals surface area contributed by atoms with Crippen LogP contribution in [0.15, 0.2) is 24.5 Å². The van der Waals surface area contributed by atoms with Crippen LogP contribution in [0, 0.1) is 5.92 Å². The number of fused-ring (bicyclic) bond motifs is 1. The molecule has 0 bridgehead atoms. The van der Waals surface area contributed by atoms with Crippen LogP contribution < -0.4 is 10.6 Å². The summed E-state index contributed by atoms with van der Waals surface area (Å²) >= 11 is 0. The number of amides is 1. The summed E-state index contributed by atoms with van der Waals surface area (Å²) in [5.74, 6) is 0.482. The number of aromatic nitrogens is 2. The summed E-state index contributed by atoms with van der Waals surface area (Å²) in [6, 6.07) is 3.96. The zero-order valence-electron chi connectivity index (χ0n) is 12.3. The third-order valence-electron chi connectivity index (χ3n) is 3.11. The number of carbonyl (C=O) groups excluding carboxylic acids is 1. The molecule has 0 radical (unpaired) electrons. The van der Waals surface area contributed by atoms with E-state index in [4.69, 9.17) is 0 Å². The van der Waals surface area contributed by atoms with E-state index in [1.54, 1.807) is 6.20 Å². The van der Waals surface area contributed by atoms with Crippen LogP contribution >= 0.6 is 0 Å². The quantitative estimate of drug-likeness (QED) is 0.840. The van der Waals surface area contributed by atoms with Gasteiger partial charge < -0.3 is 15.2 Å². The van der Waals surface area contributed by atoms with Gasteiger partial charge in [0, 0.05) is 30.9 Å². The maximum Gasteiger partial charge on any atom is 0.240 e. The maximum absolute atomic E-state index is 12.0. The molecule has 2 heterocycles. The Bertz CT molecular complexity index is 589. The van der Waals surface area contributed by atoms with Crippen molar-refractivity contribution in [1.82, 2.24) is 20.2 Å². The first-order valence-electron chi connectivity index (χ1n) is 6.96. The van der Waals surface area contributed by atoms with Gasteiger partial charge in [0.25, 0.3) is 0 Å². The summed E-state index contributed by atoms with van der Waals surface area (Å²) in [4.78, 5) is 16.3. The SMILES string of the molecule is CNCc1cn(CC(=O)NCC(C)C)c2ncccc12. The highest BCUT2D eigenvalue weighted by Crippen LogP contribution is 2.19. The lowest BCUT2D eigenvalue weighted by Crippen LogP contribution is -2.30. The second-order valence-electron chi connectivity index (χ2n) is 5.39. The average molecular weight is 274 g/mol. The molecule has 0 fully saturated rings. The summed E-state index contributed by atoms with van der Waals surface area (Å²) < 4.78 is 1.91. The number of hydrogen-bond donors (Lipinski definition) is 2. The van der Waals surface area contributed by atoms with E-state index in [2.05, 4.69) is 29.5 Å². The van der Waals surface area contributed by atoms with Gasteiger partial charge in [-0.3, -0.25) is 4.79 Å². The van der Waals surface area contributed by atoms with E-state index in [1.165, 1.54) is 0 Å². The van der Waals surface area contributed by atoms with E-state index in [9.17, 15) is 4.79 Å². The zero-order valence-corrected chi connectivity index (χ0v) is 12.3. The van der Waals surface area contributed by atoms with Gasteiger partial charge in [0.2, 0.25) is 5.91 Å².